The van der Waals surface area contributed by atoms with E-state index in [1.165, 1.54) is 0 Å². The third-order valence-corrected chi connectivity index (χ3v) is 6.97. The summed E-state index contributed by atoms with van der Waals surface area (Å²) in [6, 6.07) is 10.9. The molecule has 2 aliphatic heterocycles. The van der Waals surface area contributed by atoms with Gasteiger partial charge in [-0.2, -0.15) is 0 Å². The Morgan fingerprint density at radius 3 is 2.76 bits per heavy atom. The van der Waals surface area contributed by atoms with Gasteiger partial charge in [0.2, 0.25) is 5.82 Å². The molecular formula is C27H30F2N8O. The van der Waals surface area contributed by atoms with Crippen LogP contribution in [0.5, 0.6) is 5.75 Å². The van der Waals surface area contributed by atoms with Crippen molar-refractivity contribution in [3.05, 3.63) is 48.4 Å². The zero-order valence-electron chi connectivity index (χ0n) is 21.2. The average Bonchev–Trinajstić information content (AvgIpc) is 3.13. The number of benzene rings is 1. The quantitative estimate of drug-likeness (QED) is 0.502. The topological polar surface area (TPSA) is 108 Å². The molecular weight excluding hydrogens is 490 g/mol. The van der Waals surface area contributed by atoms with Crippen molar-refractivity contribution >= 4 is 17.3 Å². The monoisotopic (exact) mass is 520 g/mol. The number of halogens is 2. The molecule has 5 rings (SSSR count). The zero-order valence-corrected chi connectivity index (χ0v) is 21.2. The van der Waals surface area contributed by atoms with Gasteiger partial charge in [0.25, 0.3) is 5.92 Å². The van der Waals surface area contributed by atoms with E-state index < -0.39 is 5.92 Å². The normalized spacial score (nSPS) is 19.6. The van der Waals surface area contributed by atoms with Crippen molar-refractivity contribution in [3.63, 3.8) is 0 Å². The maximum absolute atomic E-state index is 13.4. The molecule has 2 aromatic heterocycles. The van der Waals surface area contributed by atoms with Crippen LogP contribution in [0.25, 0.3) is 11.3 Å². The largest absolute Gasteiger partial charge is 0.507 e. The molecule has 0 saturated carbocycles. The molecule has 0 spiro atoms. The Kier molecular flexibility index (Phi) is 7.24. The number of alkyl halides is 2. The van der Waals surface area contributed by atoms with Crippen molar-refractivity contribution in [2.24, 2.45) is 0 Å². The number of rotatable bonds is 4. The molecule has 3 N–H and O–H groups in total. The Hall–Kier alpha value is -4.04. The molecule has 0 unspecified atom stereocenters. The molecule has 4 heterocycles. The molecule has 0 amide bonds. The van der Waals surface area contributed by atoms with Gasteiger partial charge in [-0.05, 0) is 43.5 Å². The van der Waals surface area contributed by atoms with Crippen LogP contribution in [0.2, 0.25) is 0 Å². The highest BCUT2D eigenvalue weighted by atomic mass is 19.3. The molecule has 2 aliphatic rings. The number of aromatic nitrogens is 4. The lowest BCUT2D eigenvalue weighted by Gasteiger charge is -2.28. The third kappa shape index (κ3) is 5.75. The predicted molar refractivity (Wildman–Crippen MR) is 142 cm³/mol. The van der Waals surface area contributed by atoms with Crippen molar-refractivity contribution in [2.45, 2.75) is 31.7 Å². The highest BCUT2D eigenvalue weighted by Gasteiger charge is 2.37. The van der Waals surface area contributed by atoms with Crippen LogP contribution >= 0.6 is 0 Å². The summed E-state index contributed by atoms with van der Waals surface area (Å²) in [4.78, 5) is 14.9. The fourth-order valence-corrected chi connectivity index (χ4v) is 4.85. The van der Waals surface area contributed by atoms with E-state index in [4.69, 9.17) is 5.73 Å². The molecule has 198 valence electrons. The van der Waals surface area contributed by atoms with Crippen molar-refractivity contribution in [1.29, 1.82) is 0 Å². The number of hydrogen-bond acceptors (Lipinski definition) is 9. The second kappa shape index (κ2) is 10.8. The van der Waals surface area contributed by atoms with Gasteiger partial charge < -0.3 is 20.6 Å². The Morgan fingerprint density at radius 2 is 1.97 bits per heavy atom. The van der Waals surface area contributed by atoms with Crippen molar-refractivity contribution in [3.8, 4) is 28.8 Å². The van der Waals surface area contributed by atoms with Gasteiger partial charge in [0.05, 0.1) is 24.5 Å². The summed E-state index contributed by atoms with van der Waals surface area (Å²) in [5.74, 6) is 4.85. The zero-order chi connectivity index (χ0) is 26.7. The first-order valence-corrected chi connectivity index (χ1v) is 12.6. The third-order valence-electron chi connectivity index (χ3n) is 6.97. The Labute approximate surface area is 220 Å². The van der Waals surface area contributed by atoms with Gasteiger partial charge in [-0.25, -0.2) is 18.7 Å². The van der Waals surface area contributed by atoms with Crippen LogP contribution in [0, 0.1) is 11.8 Å². The maximum atomic E-state index is 13.4. The van der Waals surface area contributed by atoms with Crippen molar-refractivity contribution < 1.29 is 13.9 Å². The Balaban J connectivity index is 1.29. The lowest BCUT2D eigenvalue weighted by molar-refractivity contribution is 0.0135. The van der Waals surface area contributed by atoms with Crippen LogP contribution in [0.15, 0.2) is 42.6 Å². The fraction of sp³-hybridized carbons (Fsp3) is 0.407. The highest BCUT2D eigenvalue weighted by Crippen LogP contribution is 2.32. The van der Waals surface area contributed by atoms with Crippen LogP contribution in [0.1, 0.15) is 25.6 Å². The number of nitrogen functional groups attached to an aromatic ring is 1. The highest BCUT2D eigenvalue weighted by molar-refractivity contribution is 5.74. The average molecular weight is 521 g/mol. The molecule has 0 bridgehead atoms. The maximum Gasteiger partial charge on any atom is 0.261 e. The Morgan fingerprint density at radius 1 is 1.13 bits per heavy atom. The van der Waals surface area contributed by atoms with Crippen LogP contribution in [0.3, 0.4) is 0 Å². The van der Waals surface area contributed by atoms with E-state index in [0.29, 0.717) is 42.5 Å². The van der Waals surface area contributed by atoms with Gasteiger partial charge >= 0.3 is 0 Å². The molecule has 11 heteroatoms. The number of hydrogen-bond donors (Lipinski definition) is 2. The first-order chi connectivity index (χ1) is 18.3. The standard InChI is InChI=1S/C27H30F2N8O/c1-19-9-13-36(22-17-21(33-34-26(22)30)20-5-2-3-6-23(20)38)15-16-37(19)25-8-11-31-24(32-25)7-4-12-35-14-10-27(28,29)18-35/h2-3,5-6,8,11,17,19,38H,9-10,12-16,18H2,1H3,(H2,30,34)/t19-/m0/s1. The lowest BCUT2D eigenvalue weighted by Crippen LogP contribution is -2.35. The number of para-hydroxylation sites is 1. The van der Waals surface area contributed by atoms with Crippen LogP contribution < -0.4 is 15.5 Å². The number of aromatic hydroxyl groups is 1. The van der Waals surface area contributed by atoms with E-state index in [1.807, 2.05) is 18.2 Å². The van der Waals surface area contributed by atoms with Gasteiger partial charge in [-0.3, -0.25) is 4.90 Å². The number of nitrogens with two attached hydrogens (primary N) is 1. The first kappa shape index (κ1) is 25.6. The van der Waals surface area contributed by atoms with E-state index in [1.54, 1.807) is 29.3 Å². The van der Waals surface area contributed by atoms with Crippen LogP contribution in [-0.2, 0) is 0 Å². The SMILES string of the molecule is C[C@H]1CCN(c2cc(-c3ccccc3O)nnc2N)CCN1c1ccnc(C#CCN2CCC(F)(F)C2)n1. The molecule has 3 aromatic rings. The summed E-state index contributed by atoms with van der Waals surface area (Å²) in [6.45, 7) is 4.61. The number of nitrogens with zero attached hydrogens (tertiary/aromatic N) is 7. The van der Waals surface area contributed by atoms with Crippen LogP contribution in [-0.4, -0.2) is 81.4 Å². The van der Waals surface area contributed by atoms with Gasteiger partial charge in [-0.15, -0.1) is 10.2 Å². The van der Waals surface area contributed by atoms with E-state index in [-0.39, 0.29) is 31.3 Å². The minimum atomic E-state index is -2.63. The summed E-state index contributed by atoms with van der Waals surface area (Å²) in [6.07, 6.45) is 2.40. The summed E-state index contributed by atoms with van der Waals surface area (Å²) in [7, 11) is 0. The van der Waals surface area contributed by atoms with Gasteiger partial charge in [0, 0.05) is 50.4 Å². The van der Waals surface area contributed by atoms with E-state index in [2.05, 4.69) is 48.7 Å². The number of anilines is 3. The van der Waals surface area contributed by atoms with Gasteiger partial charge in [0.15, 0.2) is 5.82 Å². The number of phenolic OH excluding ortho intramolecular Hbond substituents is 1. The second-order valence-corrected chi connectivity index (χ2v) is 9.69. The first-order valence-electron chi connectivity index (χ1n) is 12.6. The van der Waals surface area contributed by atoms with Crippen molar-refractivity contribution in [1.82, 2.24) is 25.1 Å². The number of phenols is 1. The molecule has 0 aliphatic carbocycles. The second-order valence-electron chi connectivity index (χ2n) is 9.69. The molecule has 1 atom stereocenters. The van der Waals surface area contributed by atoms with E-state index >= 15 is 0 Å². The lowest BCUT2D eigenvalue weighted by atomic mass is 10.1. The molecule has 9 nitrogen and oxygen atoms in total. The molecule has 2 saturated heterocycles. The smallest absolute Gasteiger partial charge is 0.261 e. The molecule has 38 heavy (non-hydrogen) atoms. The van der Waals surface area contributed by atoms with Crippen molar-refractivity contribution in [2.75, 3.05) is 54.8 Å². The predicted octanol–water partition coefficient (Wildman–Crippen LogP) is 3.02. The van der Waals surface area contributed by atoms with Gasteiger partial charge in [0.1, 0.15) is 11.6 Å². The van der Waals surface area contributed by atoms with E-state index in [9.17, 15) is 13.9 Å². The summed E-state index contributed by atoms with van der Waals surface area (Å²) < 4.78 is 26.8. The Bertz CT molecular complexity index is 1360. The molecule has 1 aromatic carbocycles. The minimum Gasteiger partial charge on any atom is -0.507 e. The summed E-state index contributed by atoms with van der Waals surface area (Å²) in [5.41, 5.74) is 8.14. The van der Waals surface area contributed by atoms with Crippen LogP contribution in [0.4, 0.5) is 26.1 Å². The summed E-state index contributed by atoms with van der Waals surface area (Å²) >= 11 is 0. The molecule has 0 radical (unpaired) electrons. The minimum absolute atomic E-state index is 0.123. The number of likely N-dealkylation sites (tertiary alicyclic amines) is 1. The fourth-order valence-electron chi connectivity index (χ4n) is 4.85. The van der Waals surface area contributed by atoms with E-state index in [0.717, 1.165) is 24.5 Å². The van der Waals surface area contributed by atoms with Gasteiger partial charge in [-0.1, -0.05) is 18.1 Å². The molecule has 2 fully saturated rings. The summed E-state index contributed by atoms with van der Waals surface area (Å²) in [5, 5.41) is 18.6.